The standard InChI is InChI=1S/C9H15NO/c1-4-9(3)11-6-5-10-7-8(10)2/h4,8H,1,3,5-7H2,2H3. The molecule has 0 aromatic rings. The van der Waals surface area contributed by atoms with Crippen LogP contribution in [-0.2, 0) is 4.74 Å². The molecular formula is C9H15NO. The van der Waals surface area contributed by atoms with Crippen LogP contribution in [-0.4, -0.2) is 30.6 Å². The average Bonchev–Trinajstić information content (AvgIpc) is 2.66. The molecule has 1 heterocycles. The van der Waals surface area contributed by atoms with Gasteiger partial charge in [-0.15, -0.1) is 0 Å². The summed E-state index contributed by atoms with van der Waals surface area (Å²) >= 11 is 0. The van der Waals surface area contributed by atoms with Gasteiger partial charge in [0.25, 0.3) is 0 Å². The van der Waals surface area contributed by atoms with E-state index in [4.69, 9.17) is 4.74 Å². The van der Waals surface area contributed by atoms with Crippen LogP contribution < -0.4 is 0 Å². The van der Waals surface area contributed by atoms with Gasteiger partial charge in [0.05, 0.1) is 0 Å². The number of hydrogen-bond acceptors (Lipinski definition) is 2. The van der Waals surface area contributed by atoms with Crippen molar-refractivity contribution in [3.05, 3.63) is 25.0 Å². The molecule has 0 radical (unpaired) electrons. The predicted octanol–water partition coefficient (Wildman–Crippen LogP) is 1.41. The third kappa shape index (κ3) is 2.76. The molecule has 1 aliphatic heterocycles. The zero-order valence-electron chi connectivity index (χ0n) is 7.05. The highest BCUT2D eigenvalue weighted by Gasteiger charge is 2.27. The first-order valence-electron chi connectivity index (χ1n) is 3.92. The highest BCUT2D eigenvalue weighted by Crippen LogP contribution is 2.14. The summed E-state index contributed by atoms with van der Waals surface area (Å²) in [6.45, 7) is 12.4. The first kappa shape index (κ1) is 8.34. The van der Waals surface area contributed by atoms with Crippen LogP contribution in [0.25, 0.3) is 0 Å². The fraction of sp³-hybridized carbons (Fsp3) is 0.556. The van der Waals surface area contributed by atoms with Crippen molar-refractivity contribution in [2.75, 3.05) is 19.7 Å². The molecule has 0 spiro atoms. The predicted molar refractivity (Wildman–Crippen MR) is 46.3 cm³/mol. The van der Waals surface area contributed by atoms with Gasteiger partial charge in [-0.25, -0.2) is 0 Å². The second-order valence-electron chi connectivity index (χ2n) is 2.86. The largest absolute Gasteiger partial charge is 0.493 e. The van der Waals surface area contributed by atoms with Crippen LogP contribution in [0, 0.1) is 0 Å². The van der Waals surface area contributed by atoms with Crippen molar-refractivity contribution in [1.82, 2.24) is 4.90 Å². The maximum atomic E-state index is 5.24. The lowest BCUT2D eigenvalue weighted by atomic mass is 10.5. The molecule has 11 heavy (non-hydrogen) atoms. The molecule has 2 atom stereocenters. The number of allylic oxidation sites excluding steroid dienone is 1. The average molecular weight is 153 g/mol. The van der Waals surface area contributed by atoms with Gasteiger partial charge in [-0.3, -0.25) is 4.90 Å². The summed E-state index contributed by atoms with van der Waals surface area (Å²) in [6.07, 6.45) is 1.63. The Morgan fingerprint density at radius 2 is 2.45 bits per heavy atom. The summed E-state index contributed by atoms with van der Waals surface area (Å²) in [7, 11) is 0. The van der Waals surface area contributed by atoms with E-state index >= 15 is 0 Å². The number of hydrogen-bond donors (Lipinski definition) is 0. The van der Waals surface area contributed by atoms with Crippen LogP contribution in [0.4, 0.5) is 0 Å². The topological polar surface area (TPSA) is 12.2 Å². The molecule has 1 fully saturated rings. The fourth-order valence-electron chi connectivity index (χ4n) is 0.957. The Balaban J connectivity index is 1.96. The van der Waals surface area contributed by atoms with Crippen molar-refractivity contribution in [1.29, 1.82) is 0 Å². The lowest BCUT2D eigenvalue weighted by Crippen LogP contribution is -2.08. The monoisotopic (exact) mass is 153 g/mol. The van der Waals surface area contributed by atoms with Crippen molar-refractivity contribution in [3.63, 3.8) is 0 Å². The normalized spacial score (nSPS) is 27.7. The Hall–Kier alpha value is -0.760. The van der Waals surface area contributed by atoms with Crippen LogP contribution in [0.3, 0.4) is 0 Å². The Morgan fingerprint density at radius 1 is 1.82 bits per heavy atom. The molecule has 0 aromatic heterocycles. The van der Waals surface area contributed by atoms with Crippen LogP contribution >= 0.6 is 0 Å². The minimum absolute atomic E-state index is 0.666. The lowest BCUT2D eigenvalue weighted by molar-refractivity contribution is 0.209. The summed E-state index contributed by atoms with van der Waals surface area (Å²) in [5.41, 5.74) is 0. The van der Waals surface area contributed by atoms with Crippen molar-refractivity contribution in [2.45, 2.75) is 13.0 Å². The Morgan fingerprint density at radius 3 is 2.91 bits per heavy atom. The molecule has 2 heteroatoms. The van der Waals surface area contributed by atoms with E-state index in [-0.39, 0.29) is 0 Å². The summed E-state index contributed by atoms with van der Waals surface area (Å²) in [5.74, 6) is 0.666. The molecule has 62 valence electrons. The van der Waals surface area contributed by atoms with E-state index in [1.807, 2.05) is 0 Å². The van der Waals surface area contributed by atoms with E-state index in [0.29, 0.717) is 5.76 Å². The quantitative estimate of drug-likeness (QED) is 0.336. The second-order valence-corrected chi connectivity index (χ2v) is 2.86. The Labute approximate surface area is 68.1 Å². The van der Waals surface area contributed by atoms with E-state index in [0.717, 1.165) is 19.2 Å². The van der Waals surface area contributed by atoms with Crippen LogP contribution in [0.15, 0.2) is 25.0 Å². The molecule has 0 N–H and O–H groups in total. The summed E-state index contributed by atoms with van der Waals surface area (Å²) in [4.78, 5) is 2.34. The first-order valence-corrected chi connectivity index (χ1v) is 3.92. The van der Waals surface area contributed by atoms with Crippen LogP contribution in [0.1, 0.15) is 6.92 Å². The maximum Gasteiger partial charge on any atom is 0.111 e. The van der Waals surface area contributed by atoms with E-state index in [2.05, 4.69) is 25.0 Å². The van der Waals surface area contributed by atoms with Gasteiger partial charge >= 0.3 is 0 Å². The van der Waals surface area contributed by atoms with Crippen LogP contribution in [0.2, 0.25) is 0 Å². The highest BCUT2D eigenvalue weighted by atomic mass is 16.5. The third-order valence-electron chi connectivity index (χ3n) is 1.88. The summed E-state index contributed by atoms with van der Waals surface area (Å²) in [6, 6.07) is 0.760. The van der Waals surface area contributed by atoms with Crippen molar-refractivity contribution < 1.29 is 4.74 Å². The smallest absolute Gasteiger partial charge is 0.111 e. The molecule has 2 unspecified atom stereocenters. The third-order valence-corrected chi connectivity index (χ3v) is 1.88. The molecule has 0 bridgehead atoms. The minimum atomic E-state index is 0.666. The number of rotatable bonds is 5. The maximum absolute atomic E-state index is 5.24. The van der Waals surface area contributed by atoms with Crippen molar-refractivity contribution in [3.8, 4) is 0 Å². The zero-order valence-corrected chi connectivity index (χ0v) is 7.05. The summed E-state index contributed by atoms with van der Waals surface area (Å²) in [5, 5.41) is 0. The van der Waals surface area contributed by atoms with Crippen molar-refractivity contribution >= 4 is 0 Å². The van der Waals surface area contributed by atoms with Crippen LogP contribution in [0.5, 0.6) is 0 Å². The van der Waals surface area contributed by atoms with Crippen molar-refractivity contribution in [2.24, 2.45) is 0 Å². The van der Waals surface area contributed by atoms with Gasteiger partial charge in [0.2, 0.25) is 0 Å². The van der Waals surface area contributed by atoms with Gasteiger partial charge in [0.1, 0.15) is 12.4 Å². The second kappa shape index (κ2) is 3.58. The van der Waals surface area contributed by atoms with Gasteiger partial charge in [-0.05, 0) is 13.0 Å². The van der Waals surface area contributed by atoms with Gasteiger partial charge in [-0.1, -0.05) is 13.2 Å². The molecule has 2 nitrogen and oxygen atoms in total. The van der Waals surface area contributed by atoms with Gasteiger partial charge in [-0.2, -0.15) is 0 Å². The molecule has 1 saturated heterocycles. The Kier molecular flexibility index (Phi) is 2.71. The van der Waals surface area contributed by atoms with E-state index in [1.165, 1.54) is 6.54 Å². The molecule has 0 aliphatic carbocycles. The molecule has 0 aromatic carbocycles. The number of ether oxygens (including phenoxy) is 1. The first-order chi connectivity index (χ1) is 5.24. The minimum Gasteiger partial charge on any atom is -0.493 e. The molecule has 1 rings (SSSR count). The fourth-order valence-corrected chi connectivity index (χ4v) is 0.957. The highest BCUT2D eigenvalue weighted by molar-refractivity contribution is 5.01. The van der Waals surface area contributed by atoms with E-state index in [9.17, 15) is 0 Å². The summed E-state index contributed by atoms with van der Waals surface area (Å²) < 4.78 is 5.24. The Bertz CT molecular complexity index is 165. The van der Waals surface area contributed by atoms with Gasteiger partial charge in [0.15, 0.2) is 0 Å². The van der Waals surface area contributed by atoms with Gasteiger partial charge < -0.3 is 4.74 Å². The number of nitrogens with zero attached hydrogens (tertiary/aromatic N) is 1. The SMILES string of the molecule is C=CC(=C)OCCN1CC1C. The van der Waals surface area contributed by atoms with E-state index < -0.39 is 0 Å². The molecular weight excluding hydrogens is 138 g/mol. The lowest BCUT2D eigenvalue weighted by Gasteiger charge is -2.05. The molecule has 0 saturated carbocycles. The molecule has 1 aliphatic rings. The van der Waals surface area contributed by atoms with E-state index in [1.54, 1.807) is 6.08 Å². The molecule has 0 amide bonds. The zero-order chi connectivity index (χ0) is 8.27. The van der Waals surface area contributed by atoms with Gasteiger partial charge in [0, 0.05) is 19.1 Å².